The number of hydrogen-bond donors (Lipinski definition) is 3. The van der Waals surface area contributed by atoms with E-state index in [1.165, 1.54) is 0 Å². The molecule has 0 heterocycles. The number of nitrogens with two attached hydrogens (primary N) is 1. The summed E-state index contributed by atoms with van der Waals surface area (Å²) in [5, 5.41) is 11.6. The molecule has 4 N–H and O–H groups in total. The SMILES string of the molecule is CC(C)(C)[C@@H](N)C(=O)NC(CC(=O)O)C1CC1. The topological polar surface area (TPSA) is 92.4 Å². The van der Waals surface area contributed by atoms with Crippen LogP contribution < -0.4 is 11.1 Å². The van der Waals surface area contributed by atoms with Gasteiger partial charge in [-0.3, -0.25) is 9.59 Å². The minimum atomic E-state index is -0.883. The van der Waals surface area contributed by atoms with Crippen molar-refractivity contribution in [3.05, 3.63) is 0 Å². The van der Waals surface area contributed by atoms with E-state index < -0.39 is 12.0 Å². The maximum absolute atomic E-state index is 11.9. The fourth-order valence-corrected chi connectivity index (χ4v) is 1.69. The Balaban J connectivity index is 2.55. The molecule has 17 heavy (non-hydrogen) atoms. The van der Waals surface area contributed by atoms with Crippen molar-refractivity contribution in [1.82, 2.24) is 5.32 Å². The molecule has 1 fully saturated rings. The molecule has 0 aromatic heterocycles. The minimum absolute atomic E-state index is 0.0206. The average molecular weight is 242 g/mol. The second-order valence-electron chi connectivity index (χ2n) is 5.89. The summed E-state index contributed by atoms with van der Waals surface area (Å²) in [5.41, 5.74) is 5.52. The van der Waals surface area contributed by atoms with Gasteiger partial charge in [-0.25, -0.2) is 0 Å². The first-order valence-electron chi connectivity index (χ1n) is 5.99. The zero-order valence-electron chi connectivity index (χ0n) is 10.7. The third-order valence-electron chi connectivity index (χ3n) is 3.13. The monoisotopic (exact) mass is 242 g/mol. The number of rotatable bonds is 5. The number of carbonyl (C=O) groups is 2. The van der Waals surface area contributed by atoms with Gasteiger partial charge in [0.2, 0.25) is 5.91 Å². The van der Waals surface area contributed by atoms with Crippen molar-refractivity contribution in [3.8, 4) is 0 Å². The van der Waals surface area contributed by atoms with Crippen LogP contribution in [0.5, 0.6) is 0 Å². The molecular formula is C12H22N2O3. The van der Waals surface area contributed by atoms with E-state index in [1.807, 2.05) is 20.8 Å². The third-order valence-corrected chi connectivity index (χ3v) is 3.13. The maximum atomic E-state index is 11.9. The second kappa shape index (κ2) is 5.04. The van der Waals surface area contributed by atoms with Crippen LogP contribution >= 0.6 is 0 Å². The number of carboxylic acids is 1. The van der Waals surface area contributed by atoms with Gasteiger partial charge in [-0.15, -0.1) is 0 Å². The van der Waals surface area contributed by atoms with Gasteiger partial charge >= 0.3 is 5.97 Å². The van der Waals surface area contributed by atoms with E-state index in [0.29, 0.717) is 5.92 Å². The highest BCUT2D eigenvalue weighted by molar-refractivity contribution is 5.83. The summed E-state index contributed by atoms with van der Waals surface area (Å²) in [6.07, 6.45) is 1.96. The van der Waals surface area contributed by atoms with Gasteiger partial charge in [-0.05, 0) is 24.2 Å². The Bertz CT molecular complexity index is 305. The summed E-state index contributed by atoms with van der Waals surface area (Å²) >= 11 is 0. The molecule has 98 valence electrons. The molecule has 1 amide bonds. The van der Waals surface area contributed by atoms with Crippen LogP contribution in [-0.4, -0.2) is 29.1 Å². The normalized spacial score (nSPS) is 19.5. The van der Waals surface area contributed by atoms with E-state index in [4.69, 9.17) is 10.8 Å². The lowest BCUT2D eigenvalue weighted by atomic mass is 9.86. The number of carbonyl (C=O) groups excluding carboxylic acids is 1. The summed E-state index contributed by atoms with van der Waals surface area (Å²) in [4.78, 5) is 22.6. The molecule has 0 spiro atoms. The molecule has 1 saturated carbocycles. The van der Waals surface area contributed by atoms with Crippen molar-refractivity contribution in [2.75, 3.05) is 0 Å². The van der Waals surface area contributed by atoms with Gasteiger partial charge in [0, 0.05) is 6.04 Å². The maximum Gasteiger partial charge on any atom is 0.305 e. The average Bonchev–Trinajstić information content (AvgIpc) is 2.96. The van der Waals surface area contributed by atoms with E-state index in [2.05, 4.69) is 5.32 Å². The van der Waals surface area contributed by atoms with Gasteiger partial charge < -0.3 is 16.2 Å². The molecule has 1 aliphatic carbocycles. The molecule has 5 nitrogen and oxygen atoms in total. The number of carboxylic acid groups (broad SMARTS) is 1. The predicted octanol–water partition coefficient (Wildman–Crippen LogP) is 0.729. The summed E-state index contributed by atoms with van der Waals surface area (Å²) in [6, 6.07) is -0.883. The Kier molecular flexibility index (Phi) is 4.14. The highest BCUT2D eigenvalue weighted by atomic mass is 16.4. The van der Waals surface area contributed by atoms with Crippen molar-refractivity contribution >= 4 is 11.9 Å². The van der Waals surface area contributed by atoms with Crippen LogP contribution in [0.2, 0.25) is 0 Å². The Morgan fingerprint density at radius 1 is 1.41 bits per heavy atom. The number of aliphatic carboxylic acids is 1. The molecule has 0 aliphatic heterocycles. The predicted molar refractivity (Wildman–Crippen MR) is 64.3 cm³/mol. The summed E-state index contributed by atoms with van der Waals surface area (Å²) in [5.74, 6) is -0.829. The Hall–Kier alpha value is -1.10. The molecule has 1 unspecified atom stereocenters. The molecule has 0 bridgehead atoms. The largest absolute Gasteiger partial charge is 0.481 e. The number of nitrogens with one attached hydrogen (secondary N) is 1. The standard InChI is InChI=1S/C12H22N2O3/c1-12(2,3)10(13)11(17)14-8(6-9(15)16)7-4-5-7/h7-8,10H,4-6,13H2,1-3H3,(H,14,17)(H,15,16)/t8?,10-/m0/s1. The Morgan fingerprint density at radius 2 is 1.94 bits per heavy atom. The highest BCUT2D eigenvalue weighted by Gasteiger charge is 2.36. The fraction of sp³-hybridized carbons (Fsp3) is 0.833. The lowest BCUT2D eigenvalue weighted by molar-refractivity contribution is -0.138. The van der Waals surface area contributed by atoms with Crippen molar-refractivity contribution in [3.63, 3.8) is 0 Å². The minimum Gasteiger partial charge on any atom is -0.481 e. The Morgan fingerprint density at radius 3 is 2.29 bits per heavy atom. The molecule has 0 saturated heterocycles. The van der Waals surface area contributed by atoms with E-state index in [1.54, 1.807) is 0 Å². The molecule has 0 aromatic rings. The van der Waals surface area contributed by atoms with Crippen LogP contribution in [0.3, 0.4) is 0 Å². The second-order valence-corrected chi connectivity index (χ2v) is 5.89. The first kappa shape index (κ1) is 14.0. The molecule has 5 heteroatoms. The van der Waals surface area contributed by atoms with Gasteiger partial charge in [0.25, 0.3) is 0 Å². The van der Waals surface area contributed by atoms with Gasteiger partial charge in [0.15, 0.2) is 0 Å². The van der Waals surface area contributed by atoms with E-state index in [0.717, 1.165) is 12.8 Å². The molecule has 1 aliphatic rings. The van der Waals surface area contributed by atoms with Crippen molar-refractivity contribution in [1.29, 1.82) is 0 Å². The smallest absolute Gasteiger partial charge is 0.305 e. The van der Waals surface area contributed by atoms with E-state index >= 15 is 0 Å². The van der Waals surface area contributed by atoms with Crippen LogP contribution in [0.1, 0.15) is 40.0 Å². The quantitative estimate of drug-likeness (QED) is 0.662. The lowest BCUT2D eigenvalue weighted by Crippen LogP contribution is -2.52. The van der Waals surface area contributed by atoms with Gasteiger partial charge in [-0.1, -0.05) is 20.8 Å². The summed E-state index contributed by atoms with van der Waals surface area (Å²) in [6.45, 7) is 5.67. The first-order chi connectivity index (χ1) is 7.71. The molecular weight excluding hydrogens is 220 g/mol. The van der Waals surface area contributed by atoms with Crippen molar-refractivity contribution < 1.29 is 14.7 Å². The van der Waals surface area contributed by atoms with Crippen molar-refractivity contribution in [2.24, 2.45) is 17.1 Å². The zero-order chi connectivity index (χ0) is 13.2. The van der Waals surface area contributed by atoms with E-state index in [9.17, 15) is 9.59 Å². The van der Waals surface area contributed by atoms with Crippen LogP contribution in [0.4, 0.5) is 0 Å². The van der Waals surface area contributed by atoms with Gasteiger partial charge in [0.05, 0.1) is 12.5 Å². The number of amides is 1. The molecule has 1 rings (SSSR count). The van der Waals surface area contributed by atoms with Crippen LogP contribution in [0, 0.1) is 11.3 Å². The van der Waals surface area contributed by atoms with Crippen LogP contribution in [-0.2, 0) is 9.59 Å². The number of hydrogen-bond acceptors (Lipinski definition) is 3. The third kappa shape index (κ3) is 4.34. The summed E-state index contributed by atoms with van der Waals surface area (Å²) < 4.78 is 0. The zero-order valence-corrected chi connectivity index (χ0v) is 10.7. The van der Waals surface area contributed by atoms with Gasteiger partial charge in [-0.2, -0.15) is 0 Å². The summed E-state index contributed by atoms with van der Waals surface area (Å²) in [7, 11) is 0. The first-order valence-corrected chi connectivity index (χ1v) is 5.99. The molecule has 2 atom stereocenters. The van der Waals surface area contributed by atoms with Crippen molar-refractivity contribution in [2.45, 2.75) is 52.1 Å². The molecule has 0 aromatic carbocycles. The molecule has 0 radical (unpaired) electrons. The van der Waals surface area contributed by atoms with Crippen LogP contribution in [0.15, 0.2) is 0 Å². The fourth-order valence-electron chi connectivity index (χ4n) is 1.69. The lowest BCUT2D eigenvalue weighted by Gasteiger charge is -2.28. The van der Waals surface area contributed by atoms with Gasteiger partial charge in [0.1, 0.15) is 0 Å². The Labute approximate surface area is 102 Å². The van der Waals surface area contributed by atoms with Crippen LogP contribution in [0.25, 0.3) is 0 Å². The highest BCUT2D eigenvalue weighted by Crippen LogP contribution is 2.34. The van der Waals surface area contributed by atoms with E-state index in [-0.39, 0.29) is 23.8 Å².